The second kappa shape index (κ2) is 6.51. The van der Waals surface area contributed by atoms with Crippen molar-refractivity contribution in [1.29, 1.82) is 0 Å². The predicted octanol–water partition coefficient (Wildman–Crippen LogP) is 4.50. The quantitative estimate of drug-likeness (QED) is 0.878. The van der Waals surface area contributed by atoms with Crippen molar-refractivity contribution in [2.45, 2.75) is 33.2 Å². The molecular weight excluding hydrogens is 276 g/mol. The summed E-state index contributed by atoms with van der Waals surface area (Å²) in [5, 5.41) is 5.49. The van der Waals surface area contributed by atoms with Crippen LogP contribution in [0.15, 0.2) is 24.3 Å². The first-order valence-corrected chi connectivity index (χ1v) is 7.74. The van der Waals surface area contributed by atoms with Gasteiger partial charge in [-0.1, -0.05) is 30.7 Å². The molecule has 0 spiro atoms. The Morgan fingerprint density at radius 1 is 1.26 bits per heavy atom. The van der Waals surface area contributed by atoms with Crippen LogP contribution in [0.25, 0.3) is 0 Å². The van der Waals surface area contributed by atoms with Crippen molar-refractivity contribution in [3.05, 3.63) is 50.4 Å². The first-order chi connectivity index (χ1) is 9.11. The number of aryl methyl sites for hydroxylation is 2. The van der Waals surface area contributed by atoms with Crippen molar-refractivity contribution >= 4 is 22.9 Å². The molecule has 1 N–H and O–H groups in total. The largest absolute Gasteiger partial charge is 0.306 e. The fraction of sp³-hybridized carbons (Fsp3) is 0.400. The minimum atomic E-state index is 0.211. The van der Waals surface area contributed by atoms with Crippen molar-refractivity contribution in [3.8, 4) is 0 Å². The Morgan fingerprint density at radius 2 is 1.95 bits per heavy atom. The third kappa shape index (κ3) is 3.56. The lowest BCUT2D eigenvalue weighted by molar-refractivity contribution is 0.603. The molecule has 0 aliphatic heterocycles. The zero-order chi connectivity index (χ0) is 13.8. The van der Waals surface area contributed by atoms with Crippen molar-refractivity contribution in [3.63, 3.8) is 0 Å². The molecule has 2 rings (SSSR count). The summed E-state index contributed by atoms with van der Waals surface area (Å²) in [6.45, 7) is 7.30. The van der Waals surface area contributed by atoms with Crippen molar-refractivity contribution in [2.75, 3.05) is 6.54 Å². The first-order valence-electron chi connectivity index (χ1n) is 6.54. The van der Waals surface area contributed by atoms with E-state index in [0.29, 0.717) is 0 Å². The van der Waals surface area contributed by atoms with E-state index in [1.807, 2.05) is 12.1 Å². The molecule has 0 radical (unpaired) electrons. The van der Waals surface area contributed by atoms with Crippen molar-refractivity contribution < 1.29 is 0 Å². The maximum atomic E-state index is 5.97. The zero-order valence-electron chi connectivity index (χ0n) is 11.5. The summed E-state index contributed by atoms with van der Waals surface area (Å²) in [5.41, 5.74) is 2.36. The Hall–Kier alpha value is -0.900. The lowest BCUT2D eigenvalue weighted by atomic mass is 10.0. The van der Waals surface area contributed by atoms with Gasteiger partial charge in [-0.05, 0) is 44.5 Å². The number of hydrogen-bond acceptors (Lipinski definition) is 3. The number of benzene rings is 1. The van der Waals surface area contributed by atoms with Crippen LogP contribution in [0.3, 0.4) is 0 Å². The summed E-state index contributed by atoms with van der Waals surface area (Å²) in [4.78, 5) is 5.83. The second-order valence-electron chi connectivity index (χ2n) is 4.62. The third-order valence-electron chi connectivity index (χ3n) is 3.00. The highest BCUT2D eigenvalue weighted by molar-refractivity contribution is 7.11. The van der Waals surface area contributed by atoms with Gasteiger partial charge in [0.1, 0.15) is 0 Å². The molecule has 102 valence electrons. The van der Waals surface area contributed by atoms with Crippen LogP contribution in [0.1, 0.15) is 40.5 Å². The molecule has 0 fully saturated rings. The van der Waals surface area contributed by atoms with Crippen LogP contribution in [-0.2, 0) is 0 Å². The van der Waals surface area contributed by atoms with Crippen LogP contribution < -0.4 is 5.32 Å². The highest BCUT2D eigenvalue weighted by atomic mass is 35.5. The summed E-state index contributed by atoms with van der Waals surface area (Å²) >= 11 is 7.74. The molecule has 0 saturated carbocycles. The maximum absolute atomic E-state index is 5.97. The van der Waals surface area contributed by atoms with E-state index in [-0.39, 0.29) is 6.04 Å². The molecule has 1 unspecified atom stereocenters. The van der Waals surface area contributed by atoms with Gasteiger partial charge in [-0.25, -0.2) is 4.98 Å². The van der Waals surface area contributed by atoms with Gasteiger partial charge in [0, 0.05) is 9.90 Å². The average molecular weight is 295 g/mol. The fourth-order valence-corrected chi connectivity index (χ4v) is 3.28. The van der Waals surface area contributed by atoms with Crippen molar-refractivity contribution in [2.24, 2.45) is 0 Å². The van der Waals surface area contributed by atoms with Crippen LogP contribution in [0.2, 0.25) is 5.02 Å². The normalized spacial score (nSPS) is 12.6. The van der Waals surface area contributed by atoms with Crippen LogP contribution in [-0.4, -0.2) is 11.5 Å². The molecule has 1 heterocycles. The number of hydrogen-bond donors (Lipinski definition) is 1. The molecule has 0 saturated heterocycles. The van der Waals surface area contributed by atoms with Crippen molar-refractivity contribution in [1.82, 2.24) is 10.3 Å². The van der Waals surface area contributed by atoms with Gasteiger partial charge in [0.25, 0.3) is 0 Å². The SMILES string of the molecule is CCCNC(c1ccc(Cl)cc1)c1sc(C)nc1C. The number of halogens is 1. The van der Waals surface area contributed by atoms with E-state index in [1.165, 1.54) is 10.4 Å². The molecule has 0 bridgehead atoms. The molecule has 4 heteroatoms. The van der Waals surface area contributed by atoms with Gasteiger partial charge in [-0.2, -0.15) is 0 Å². The smallest absolute Gasteiger partial charge is 0.0900 e. The lowest BCUT2D eigenvalue weighted by Gasteiger charge is -2.18. The minimum absolute atomic E-state index is 0.211. The average Bonchev–Trinajstić information content (AvgIpc) is 2.71. The number of nitrogens with zero attached hydrogens (tertiary/aromatic N) is 1. The van der Waals surface area contributed by atoms with Gasteiger partial charge in [0.2, 0.25) is 0 Å². The van der Waals surface area contributed by atoms with Crippen LogP contribution in [0.4, 0.5) is 0 Å². The summed E-state index contributed by atoms with van der Waals surface area (Å²) in [7, 11) is 0. The summed E-state index contributed by atoms with van der Waals surface area (Å²) in [6, 6.07) is 8.28. The van der Waals surface area contributed by atoms with E-state index < -0.39 is 0 Å². The number of thiazole rings is 1. The topological polar surface area (TPSA) is 24.9 Å². The zero-order valence-corrected chi connectivity index (χ0v) is 13.1. The third-order valence-corrected chi connectivity index (χ3v) is 4.39. The van der Waals surface area contributed by atoms with E-state index in [0.717, 1.165) is 28.7 Å². The standard InChI is InChI=1S/C15H19ClN2S/c1-4-9-17-14(12-5-7-13(16)8-6-12)15-10(2)18-11(3)19-15/h5-8,14,17H,4,9H2,1-3H3. The van der Waals surface area contributed by atoms with E-state index in [4.69, 9.17) is 11.6 Å². The van der Waals surface area contributed by atoms with E-state index in [2.05, 4.69) is 43.2 Å². The highest BCUT2D eigenvalue weighted by Gasteiger charge is 2.18. The molecule has 1 atom stereocenters. The molecule has 1 aromatic carbocycles. The summed E-state index contributed by atoms with van der Waals surface area (Å²) in [5.74, 6) is 0. The molecule has 19 heavy (non-hydrogen) atoms. The van der Waals surface area contributed by atoms with Gasteiger partial charge < -0.3 is 5.32 Å². The molecule has 0 aliphatic rings. The molecule has 0 amide bonds. The first kappa shape index (κ1) is 14.5. The predicted molar refractivity (Wildman–Crippen MR) is 83.2 cm³/mol. The van der Waals surface area contributed by atoms with E-state index in [9.17, 15) is 0 Å². The van der Waals surface area contributed by atoms with Gasteiger partial charge in [-0.3, -0.25) is 0 Å². The summed E-state index contributed by atoms with van der Waals surface area (Å²) < 4.78 is 0. The molecule has 1 aromatic heterocycles. The molecular formula is C15H19ClN2S. The van der Waals surface area contributed by atoms with Gasteiger partial charge in [0.05, 0.1) is 16.7 Å². The number of aromatic nitrogens is 1. The lowest BCUT2D eigenvalue weighted by Crippen LogP contribution is -2.23. The van der Waals surface area contributed by atoms with Gasteiger partial charge >= 0.3 is 0 Å². The number of rotatable bonds is 5. The molecule has 0 aliphatic carbocycles. The Kier molecular flexibility index (Phi) is 4.97. The Morgan fingerprint density at radius 3 is 2.47 bits per heavy atom. The monoisotopic (exact) mass is 294 g/mol. The summed E-state index contributed by atoms with van der Waals surface area (Å²) in [6.07, 6.45) is 1.11. The van der Waals surface area contributed by atoms with Crippen LogP contribution in [0.5, 0.6) is 0 Å². The highest BCUT2D eigenvalue weighted by Crippen LogP contribution is 2.30. The van der Waals surface area contributed by atoms with Gasteiger partial charge in [-0.15, -0.1) is 11.3 Å². The van der Waals surface area contributed by atoms with E-state index >= 15 is 0 Å². The maximum Gasteiger partial charge on any atom is 0.0900 e. The fourth-order valence-electron chi connectivity index (χ4n) is 2.12. The van der Waals surface area contributed by atoms with Gasteiger partial charge in [0.15, 0.2) is 0 Å². The Balaban J connectivity index is 2.35. The van der Waals surface area contributed by atoms with Crippen LogP contribution in [0, 0.1) is 13.8 Å². The number of nitrogens with one attached hydrogen (secondary N) is 1. The minimum Gasteiger partial charge on any atom is -0.306 e. The van der Waals surface area contributed by atoms with Crippen LogP contribution >= 0.6 is 22.9 Å². The molecule has 2 aromatic rings. The van der Waals surface area contributed by atoms with E-state index in [1.54, 1.807) is 11.3 Å². The molecule has 2 nitrogen and oxygen atoms in total. The Labute approximate surface area is 123 Å². The Bertz CT molecular complexity index is 534. The second-order valence-corrected chi connectivity index (χ2v) is 6.29.